The number of carbonyl (C=O) groups is 2. The molecular weight excluding hydrogens is 289 g/mol. The summed E-state index contributed by atoms with van der Waals surface area (Å²) in [4.78, 5) is 24.3. The molecule has 0 spiro atoms. The lowest BCUT2D eigenvalue weighted by atomic mass is 10.2. The Morgan fingerprint density at radius 2 is 2.05 bits per heavy atom. The molecular formula is C13H15Cl2NO3. The van der Waals surface area contributed by atoms with Gasteiger partial charge in [-0.1, -0.05) is 23.2 Å². The van der Waals surface area contributed by atoms with E-state index in [1.807, 2.05) is 13.8 Å². The van der Waals surface area contributed by atoms with Crippen LogP contribution in [0.4, 0.5) is 0 Å². The van der Waals surface area contributed by atoms with Crippen LogP contribution in [-0.4, -0.2) is 36.8 Å². The first-order valence-electron chi connectivity index (χ1n) is 5.69. The van der Waals surface area contributed by atoms with Gasteiger partial charge in [0.25, 0.3) is 5.91 Å². The van der Waals surface area contributed by atoms with Gasteiger partial charge >= 0.3 is 0 Å². The van der Waals surface area contributed by atoms with Crippen LogP contribution in [0.3, 0.4) is 0 Å². The maximum Gasteiger partial charge on any atom is 0.260 e. The second-order valence-electron chi connectivity index (χ2n) is 4.31. The Kier molecular flexibility index (Phi) is 5.63. The third-order valence-electron chi connectivity index (χ3n) is 2.67. The van der Waals surface area contributed by atoms with Crippen molar-refractivity contribution < 1.29 is 14.3 Å². The zero-order valence-electron chi connectivity index (χ0n) is 10.9. The average molecular weight is 304 g/mol. The Morgan fingerprint density at radius 1 is 1.42 bits per heavy atom. The topological polar surface area (TPSA) is 46.6 Å². The molecule has 19 heavy (non-hydrogen) atoms. The number of carbonyl (C=O) groups excluding carboxylic acids is 2. The van der Waals surface area contributed by atoms with Crippen LogP contribution < -0.4 is 4.74 Å². The van der Waals surface area contributed by atoms with Gasteiger partial charge in [-0.15, -0.1) is 0 Å². The molecule has 0 aliphatic heterocycles. The van der Waals surface area contributed by atoms with Crippen LogP contribution in [0.25, 0.3) is 0 Å². The minimum atomic E-state index is -0.196. The second-order valence-corrected chi connectivity index (χ2v) is 5.15. The lowest BCUT2D eigenvalue weighted by molar-refractivity contribution is -0.133. The van der Waals surface area contributed by atoms with Crippen molar-refractivity contribution in [3.8, 4) is 5.75 Å². The molecule has 0 heterocycles. The van der Waals surface area contributed by atoms with Crippen LogP contribution in [0.5, 0.6) is 5.75 Å². The van der Waals surface area contributed by atoms with Crippen molar-refractivity contribution in [1.29, 1.82) is 0 Å². The first-order chi connectivity index (χ1) is 8.86. The van der Waals surface area contributed by atoms with Gasteiger partial charge in [-0.3, -0.25) is 9.59 Å². The van der Waals surface area contributed by atoms with Gasteiger partial charge < -0.3 is 9.64 Å². The number of rotatable bonds is 5. The highest BCUT2D eigenvalue weighted by Gasteiger charge is 2.15. The number of hydrogen-bond donors (Lipinski definition) is 0. The van der Waals surface area contributed by atoms with Gasteiger partial charge in [0.05, 0.1) is 10.6 Å². The Morgan fingerprint density at radius 3 is 2.58 bits per heavy atom. The molecule has 0 saturated carbocycles. The lowest BCUT2D eigenvalue weighted by Gasteiger charge is -2.21. The number of aldehydes is 1. The molecule has 0 bridgehead atoms. The van der Waals surface area contributed by atoms with Crippen LogP contribution >= 0.6 is 23.2 Å². The van der Waals surface area contributed by atoms with Crippen molar-refractivity contribution in [3.63, 3.8) is 0 Å². The van der Waals surface area contributed by atoms with E-state index in [0.717, 1.165) is 0 Å². The first-order valence-corrected chi connectivity index (χ1v) is 6.45. The minimum absolute atomic E-state index is 0.0716. The Balaban J connectivity index is 2.84. The van der Waals surface area contributed by atoms with E-state index in [9.17, 15) is 9.59 Å². The third kappa shape index (κ3) is 4.11. The minimum Gasteiger partial charge on any atom is -0.481 e. The molecule has 0 fully saturated rings. The summed E-state index contributed by atoms with van der Waals surface area (Å²) in [5.74, 6) is -0.0237. The number of nitrogens with zero attached hydrogens (tertiary/aromatic N) is 1. The molecule has 0 unspecified atom stereocenters. The van der Waals surface area contributed by atoms with Gasteiger partial charge in [0.2, 0.25) is 0 Å². The largest absolute Gasteiger partial charge is 0.481 e. The number of ether oxygens (including phenoxy) is 1. The van der Waals surface area contributed by atoms with E-state index in [4.69, 9.17) is 27.9 Å². The highest BCUT2D eigenvalue weighted by Crippen LogP contribution is 2.31. The van der Waals surface area contributed by atoms with Gasteiger partial charge in [-0.05, 0) is 26.0 Å². The Hall–Kier alpha value is -1.26. The normalized spacial score (nSPS) is 10.4. The van der Waals surface area contributed by atoms with Crippen LogP contribution in [0.1, 0.15) is 24.2 Å². The second kappa shape index (κ2) is 6.78. The van der Waals surface area contributed by atoms with E-state index in [0.29, 0.717) is 11.3 Å². The molecule has 0 saturated heterocycles. The molecule has 0 aliphatic carbocycles. The maximum atomic E-state index is 11.8. The van der Waals surface area contributed by atoms with E-state index >= 15 is 0 Å². The molecule has 1 aromatic rings. The quantitative estimate of drug-likeness (QED) is 0.785. The average Bonchev–Trinajstić information content (AvgIpc) is 2.35. The van der Waals surface area contributed by atoms with E-state index in [2.05, 4.69) is 0 Å². The van der Waals surface area contributed by atoms with E-state index in [1.54, 1.807) is 11.9 Å². The van der Waals surface area contributed by atoms with E-state index < -0.39 is 0 Å². The van der Waals surface area contributed by atoms with Gasteiger partial charge in [-0.25, -0.2) is 0 Å². The molecule has 0 aromatic heterocycles. The van der Waals surface area contributed by atoms with Crippen molar-refractivity contribution in [2.45, 2.75) is 19.9 Å². The van der Waals surface area contributed by atoms with Gasteiger partial charge in [0.1, 0.15) is 5.75 Å². The summed E-state index contributed by atoms with van der Waals surface area (Å²) in [6.07, 6.45) is 0.587. The zero-order chi connectivity index (χ0) is 14.6. The smallest absolute Gasteiger partial charge is 0.260 e. The third-order valence-corrected chi connectivity index (χ3v) is 3.17. The standard InChI is InChI=1S/C13H15Cl2NO3/c1-8(2)16(3)12(18)7-19-13-9(6-17)4-10(14)5-11(13)15/h4-6,8H,7H2,1-3H3. The number of hydrogen-bond acceptors (Lipinski definition) is 3. The van der Waals surface area contributed by atoms with Gasteiger partial charge in [0, 0.05) is 18.1 Å². The summed E-state index contributed by atoms with van der Waals surface area (Å²) < 4.78 is 5.33. The van der Waals surface area contributed by atoms with Crippen molar-refractivity contribution in [1.82, 2.24) is 4.90 Å². The van der Waals surface area contributed by atoms with E-state index in [-0.39, 0.29) is 34.9 Å². The highest BCUT2D eigenvalue weighted by molar-refractivity contribution is 6.36. The van der Waals surface area contributed by atoms with Crippen LogP contribution in [0, 0.1) is 0 Å². The number of amides is 1. The molecule has 0 atom stereocenters. The SMILES string of the molecule is CC(C)N(C)C(=O)COc1c(Cl)cc(Cl)cc1C=O. The van der Waals surface area contributed by atoms with Crippen molar-refractivity contribution >= 4 is 35.4 Å². The Labute approximate surface area is 122 Å². The van der Waals surface area contributed by atoms with Crippen LogP contribution in [-0.2, 0) is 4.79 Å². The molecule has 1 amide bonds. The number of benzene rings is 1. The van der Waals surface area contributed by atoms with Crippen LogP contribution in [0.2, 0.25) is 10.0 Å². The molecule has 1 aromatic carbocycles. The summed E-state index contributed by atoms with van der Waals surface area (Å²) in [7, 11) is 1.68. The molecule has 6 heteroatoms. The number of halogens is 2. The molecule has 104 valence electrons. The monoisotopic (exact) mass is 303 g/mol. The van der Waals surface area contributed by atoms with Crippen LogP contribution in [0.15, 0.2) is 12.1 Å². The van der Waals surface area contributed by atoms with Crippen molar-refractivity contribution in [3.05, 3.63) is 27.7 Å². The summed E-state index contributed by atoms with van der Waals surface area (Å²) in [5, 5.41) is 0.541. The molecule has 0 aliphatic rings. The van der Waals surface area contributed by atoms with E-state index in [1.165, 1.54) is 12.1 Å². The van der Waals surface area contributed by atoms with Crippen molar-refractivity contribution in [2.24, 2.45) is 0 Å². The molecule has 0 N–H and O–H groups in total. The fourth-order valence-corrected chi connectivity index (χ4v) is 1.91. The summed E-state index contributed by atoms with van der Waals surface area (Å²) >= 11 is 11.7. The maximum absolute atomic E-state index is 11.8. The predicted octanol–water partition coefficient (Wildman–Crippen LogP) is 3.05. The summed E-state index contributed by atoms with van der Waals surface area (Å²) in [5.41, 5.74) is 0.220. The fraction of sp³-hybridized carbons (Fsp3) is 0.385. The van der Waals surface area contributed by atoms with Crippen molar-refractivity contribution in [2.75, 3.05) is 13.7 Å². The fourth-order valence-electron chi connectivity index (χ4n) is 1.34. The van der Waals surface area contributed by atoms with Gasteiger partial charge in [0.15, 0.2) is 12.9 Å². The Bertz CT molecular complexity index is 489. The molecule has 4 nitrogen and oxygen atoms in total. The zero-order valence-corrected chi connectivity index (χ0v) is 12.5. The highest BCUT2D eigenvalue weighted by atomic mass is 35.5. The molecule has 0 radical (unpaired) electrons. The summed E-state index contributed by atoms with van der Waals surface area (Å²) in [6.45, 7) is 3.60. The lowest BCUT2D eigenvalue weighted by Crippen LogP contribution is -2.36. The summed E-state index contributed by atoms with van der Waals surface area (Å²) in [6, 6.07) is 2.97. The van der Waals surface area contributed by atoms with Gasteiger partial charge in [-0.2, -0.15) is 0 Å². The molecule has 1 rings (SSSR count). The number of likely N-dealkylation sites (N-methyl/N-ethyl adjacent to an activating group) is 1. The predicted molar refractivity (Wildman–Crippen MR) is 75.3 cm³/mol. The first kappa shape index (κ1) is 15.8.